The average molecular weight is 202 g/mol. The van der Waals surface area contributed by atoms with E-state index in [1.807, 2.05) is 0 Å². The number of nitrogens with zero attached hydrogens (tertiary/aromatic N) is 2. The molecule has 1 aliphatic rings. The number of hydrogen-bond donors (Lipinski definition) is 3. The number of nitrogens with two attached hydrogens (primary N) is 2. The van der Waals surface area contributed by atoms with Gasteiger partial charge in [-0.15, -0.1) is 0 Å². The van der Waals surface area contributed by atoms with Gasteiger partial charge in [-0.3, -0.25) is 10.6 Å². The first kappa shape index (κ1) is 11.4. The third kappa shape index (κ3) is 2.42. The van der Waals surface area contributed by atoms with Crippen molar-refractivity contribution in [3.05, 3.63) is 0 Å². The van der Waals surface area contributed by atoms with Crippen molar-refractivity contribution < 1.29 is 9.90 Å². The number of piperazine rings is 1. The van der Waals surface area contributed by atoms with Gasteiger partial charge >= 0.3 is 0 Å². The summed E-state index contributed by atoms with van der Waals surface area (Å²) < 4.78 is 0. The van der Waals surface area contributed by atoms with Gasteiger partial charge in [0.25, 0.3) is 0 Å². The molecular formula is C8H18N4O2. The number of carbonyl (C=O) groups is 1. The molecule has 1 atom stereocenters. The van der Waals surface area contributed by atoms with E-state index in [4.69, 9.17) is 16.7 Å². The van der Waals surface area contributed by atoms with Gasteiger partial charge in [0.2, 0.25) is 5.91 Å². The average Bonchev–Trinajstić information content (AvgIpc) is 2.18. The number of aliphatic hydroxyl groups is 1. The Balaban J connectivity index is 2.54. The molecule has 1 aliphatic heterocycles. The molecule has 1 unspecified atom stereocenters. The topological polar surface area (TPSA) is 95.8 Å². The fourth-order valence-corrected chi connectivity index (χ4v) is 1.35. The normalized spacial score (nSPS) is 23.3. The van der Waals surface area contributed by atoms with Gasteiger partial charge in [-0.25, -0.2) is 5.01 Å². The molecule has 6 heteroatoms. The van der Waals surface area contributed by atoms with Crippen molar-refractivity contribution in [2.75, 3.05) is 32.8 Å². The van der Waals surface area contributed by atoms with Crippen LogP contribution in [0.2, 0.25) is 0 Å². The molecule has 1 amide bonds. The van der Waals surface area contributed by atoms with Gasteiger partial charge in [0.15, 0.2) is 0 Å². The van der Waals surface area contributed by atoms with E-state index in [9.17, 15) is 4.79 Å². The zero-order valence-electron chi connectivity index (χ0n) is 8.44. The summed E-state index contributed by atoms with van der Waals surface area (Å²) in [7, 11) is 0. The second kappa shape index (κ2) is 4.22. The van der Waals surface area contributed by atoms with Crippen LogP contribution >= 0.6 is 0 Å². The van der Waals surface area contributed by atoms with E-state index in [0.29, 0.717) is 26.2 Å². The third-order valence-electron chi connectivity index (χ3n) is 2.42. The number of rotatable bonds is 2. The summed E-state index contributed by atoms with van der Waals surface area (Å²) in [6.07, 6.45) is 0. The van der Waals surface area contributed by atoms with Crippen molar-refractivity contribution >= 4 is 5.91 Å². The van der Waals surface area contributed by atoms with Gasteiger partial charge in [-0.05, 0) is 6.92 Å². The maximum absolute atomic E-state index is 11.7. The van der Waals surface area contributed by atoms with Gasteiger partial charge in [-0.2, -0.15) is 0 Å². The Bertz CT molecular complexity index is 211. The summed E-state index contributed by atoms with van der Waals surface area (Å²) in [5.74, 6) is 5.34. The predicted molar refractivity (Wildman–Crippen MR) is 52.0 cm³/mol. The van der Waals surface area contributed by atoms with Crippen molar-refractivity contribution in [3.63, 3.8) is 0 Å². The van der Waals surface area contributed by atoms with Crippen LogP contribution in [0.1, 0.15) is 6.92 Å². The molecule has 0 spiro atoms. The van der Waals surface area contributed by atoms with Gasteiger partial charge in [0.05, 0.1) is 6.61 Å². The Kier molecular flexibility index (Phi) is 3.43. The van der Waals surface area contributed by atoms with Crippen molar-refractivity contribution in [1.82, 2.24) is 9.91 Å². The van der Waals surface area contributed by atoms with E-state index >= 15 is 0 Å². The maximum atomic E-state index is 11.7. The molecule has 0 bridgehead atoms. The highest BCUT2D eigenvalue weighted by Crippen LogP contribution is 2.07. The molecular weight excluding hydrogens is 184 g/mol. The minimum atomic E-state index is -1.17. The van der Waals surface area contributed by atoms with E-state index < -0.39 is 5.54 Å². The highest BCUT2D eigenvalue weighted by Gasteiger charge is 2.33. The fourth-order valence-electron chi connectivity index (χ4n) is 1.35. The Morgan fingerprint density at radius 3 is 2.36 bits per heavy atom. The molecule has 1 heterocycles. The summed E-state index contributed by atoms with van der Waals surface area (Å²) in [6, 6.07) is 0. The van der Waals surface area contributed by atoms with Crippen molar-refractivity contribution in [2.24, 2.45) is 11.6 Å². The Hall–Kier alpha value is -0.690. The van der Waals surface area contributed by atoms with Gasteiger partial charge in [0.1, 0.15) is 5.54 Å². The van der Waals surface area contributed by atoms with Crippen LogP contribution in [0.15, 0.2) is 0 Å². The number of carbonyl (C=O) groups excluding carboxylic acids is 1. The first-order chi connectivity index (χ1) is 6.47. The van der Waals surface area contributed by atoms with Crippen LogP contribution in [-0.2, 0) is 4.79 Å². The Morgan fingerprint density at radius 1 is 1.43 bits per heavy atom. The van der Waals surface area contributed by atoms with Gasteiger partial charge < -0.3 is 15.7 Å². The molecule has 0 radical (unpaired) electrons. The predicted octanol–water partition coefficient (Wildman–Crippen LogP) is -2.29. The lowest BCUT2D eigenvalue weighted by molar-refractivity contribution is -0.139. The zero-order valence-corrected chi connectivity index (χ0v) is 8.44. The number of hydrazine groups is 1. The van der Waals surface area contributed by atoms with Crippen LogP contribution in [-0.4, -0.2) is 59.2 Å². The monoisotopic (exact) mass is 202 g/mol. The largest absolute Gasteiger partial charge is 0.394 e. The molecule has 0 aliphatic carbocycles. The molecule has 0 aromatic heterocycles. The van der Waals surface area contributed by atoms with Crippen LogP contribution in [0.4, 0.5) is 0 Å². The van der Waals surface area contributed by atoms with Crippen molar-refractivity contribution in [2.45, 2.75) is 12.5 Å². The van der Waals surface area contributed by atoms with E-state index in [0.717, 1.165) is 0 Å². The Labute approximate surface area is 83.4 Å². The second-order valence-electron chi connectivity index (χ2n) is 3.90. The molecule has 1 rings (SSSR count). The summed E-state index contributed by atoms with van der Waals surface area (Å²) in [4.78, 5) is 13.4. The van der Waals surface area contributed by atoms with Crippen LogP contribution in [0.25, 0.3) is 0 Å². The zero-order chi connectivity index (χ0) is 10.8. The van der Waals surface area contributed by atoms with Crippen LogP contribution < -0.4 is 11.6 Å². The van der Waals surface area contributed by atoms with Crippen LogP contribution in [0, 0.1) is 0 Å². The van der Waals surface area contributed by atoms with Crippen molar-refractivity contribution in [1.29, 1.82) is 0 Å². The molecule has 1 saturated heterocycles. The van der Waals surface area contributed by atoms with E-state index in [1.54, 1.807) is 9.91 Å². The van der Waals surface area contributed by atoms with E-state index in [-0.39, 0.29) is 12.5 Å². The molecule has 5 N–H and O–H groups in total. The van der Waals surface area contributed by atoms with Crippen LogP contribution in [0.3, 0.4) is 0 Å². The SMILES string of the molecule is CC(N)(CO)C(=O)N1CCN(N)CC1. The Morgan fingerprint density at radius 2 is 1.93 bits per heavy atom. The minimum absolute atomic E-state index is 0.215. The lowest BCUT2D eigenvalue weighted by Crippen LogP contribution is -2.60. The standard InChI is InChI=1S/C8H18N4O2/c1-8(9,6-13)7(14)11-2-4-12(10)5-3-11/h13H,2-6,9-10H2,1H3. The molecule has 14 heavy (non-hydrogen) atoms. The van der Waals surface area contributed by atoms with Crippen LogP contribution in [0.5, 0.6) is 0 Å². The maximum Gasteiger partial charge on any atom is 0.244 e. The lowest BCUT2D eigenvalue weighted by atomic mass is 10.0. The number of amides is 1. The minimum Gasteiger partial charge on any atom is -0.394 e. The summed E-state index contributed by atoms with van der Waals surface area (Å²) >= 11 is 0. The van der Waals surface area contributed by atoms with Crippen molar-refractivity contribution in [3.8, 4) is 0 Å². The molecule has 1 fully saturated rings. The highest BCUT2D eigenvalue weighted by molar-refractivity contribution is 5.85. The van der Waals surface area contributed by atoms with E-state index in [2.05, 4.69) is 0 Å². The summed E-state index contributed by atoms with van der Waals surface area (Å²) in [6.45, 7) is 3.63. The first-order valence-electron chi connectivity index (χ1n) is 4.66. The number of hydrogen-bond acceptors (Lipinski definition) is 5. The second-order valence-corrected chi connectivity index (χ2v) is 3.90. The third-order valence-corrected chi connectivity index (χ3v) is 2.42. The molecule has 0 saturated carbocycles. The molecule has 82 valence electrons. The quantitative estimate of drug-likeness (QED) is 0.438. The number of aliphatic hydroxyl groups excluding tert-OH is 1. The summed E-state index contributed by atoms with van der Waals surface area (Å²) in [5.41, 5.74) is 4.47. The first-order valence-corrected chi connectivity index (χ1v) is 4.66. The smallest absolute Gasteiger partial charge is 0.244 e. The highest BCUT2D eigenvalue weighted by atomic mass is 16.3. The molecule has 6 nitrogen and oxygen atoms in total. The molecule has 0 aromatic rings. The summed E-state index contributed by atoms with van der Waals surface area (Å²) in [5, 5.41) is 10.6. The van der Waals surface area contributed by atoms with Gasteiger partial charge in [0, 0.05) is 26.2 Å². The molecule has 0 aromatic carbocycles. The van der Waals surface area contributed by atoms with E-state index in [1.165, 1.54) is 6.92 Å². The van der Waals surface area contributed by atoms with Gasteiger partial charge in [-0.1, -0.05) is 0 Å². The fraction of sp³-hybridized carbons (Fsp3) is 0.875. The lowest BCUT2D eigenvalue weighted by Gasteiger charge is -2.36.